The molecular weight excluding hydrogens is 274 g/mol. The first kappa shape index (κ1) is 17.4. The van der Waals surface area contributed by atoms with Gasteiger partial charge in [-0.15, -0.1) is 0 Å². The summed E-state index contributed by atoms with van der Waals surface area (Å²) in [4.78, 5) is 2.28. The van der Waals surface area contributed by atoms with E-state index >= 15 is 0 Å². The molecule has 104 valence electrons. The molecule has 17 heavy (non-hydrogen) atoms. The largest absolute Gasteiger partial charge is 0.309 e. The summed E-state index contributed by atoms with van der Waals surface area (Å²) in [7, 11) is 4.32. The van der Waals surface area contributed by atoms with Crippen molar-refractivity contribution in [3.05, 3.63) is 0 Å². The second-order valence-electron chi connectivity index (χ2n) is 5.38. The van der Waals surface area contributed by atoms with Crippen molar-refractivity contribution in [2.75, 3.05) is 26.0 Å². The number of nitrogens with zero attached hydrogens (tertiary/aromatic N) is 1. The van der Waals surface area contributed by atoms with Crippen molar-refractivity contribution in [3.8, 4) is 0 Å². The van der Waals surface area contributed by atoms with E-state index in [1.54, 1.807) is 0 Å². The van der Waals surface area contributed by atoms with Crippen molar-refractivity contribution in [3.63, 3.8) is 0 Å². The van der Waals surface area contributed by atoms with Gasteiger partial charge in [-0.25, -0.2) is 0 Å². The second-order valence-corrected chi connectivity index (χ2v) is 6.17. The summed E-state index contributed by atoms with van der Waals surface area (Å²) >= 11 is 3.48. The van der Waals surface area contributed by atoms with Crippen molar-refractivity contribution < 1.29 is 0 Å². The molecule has 0 rings (SSSR count). The third kappa shape index (κ3) is 16.4. The number of halogens is 1. The summed E-state index contributed by atoms with van der Waals surface area (Å²) in [5, 5.41) is 1.18. The third-order valence-electron chi connectivity index (χ3n) is 3.24. The normalized spacial score (nSPS) is 11.3. The maximum atomic E-state index is 3.48. The fourth-order valence-electron chi connectivity index (χ4n) is 2.11. The lowest BCUT2D eigenvalue weighted by molar-refractivity contribution is 0.389. The van der Waals surface area contributed by atoms with Gasteiger partial charge in [0, 0.05) is 5.33 Å². The molecule has 0 aliphatic heterocycles. The van der Waals surface area contributed by atoms with Gasteiger partial charge in [-0.2, -0.15) is 0 Å². The predicted molar refractivity (Wildman–Crippen MR) is 83.1 cm³/mol. The van der Waals surface area contributed by atoms with Crippen molar-refractivity contribution >= 4 is 15.9 Å². The average Bonchev–Trinajstić information content (AvgIpc) is 2.30. The topological polar surface area (TPSA) is 3.24 Å². The van der Waals surface area contributed by atoms with E-state index in [4.69, 9.17) is 0 Å². The maximum absolute atomic E-state index is 3.48. The minimum absolute atomic E-state index is 1.18. The van der Waals surface area contributed by atoms with E-state index in [1.165, 1.54) is 82.5 Å². The number of rotatable bonds is 13. The van der Waals surface area contributed by atoms with Crippen molar-refractivity contribution in [2.45, 2.75) is 70.6 Å². The zero-order chi connectivity index (χ0) is 12.8. The Morgan fingerprint density at radius 3 is 1.29 bits per heavy atom. The van der Waals surface area contributed by atoms with Gasteiger partial charge in [0.25, 0.3) is 0 Å². The minimum atomic E-state index is 1.18. The van der Waals surface area contributed by atoms with E-state index in [9.17, 15) is 0 Å². The predicted octanol–water partition coefficient (Wildman–Crippen LogP) is 5.23. The molecule has 0 spiro atoms. The van der Waals surface area contributed by atoms with Gasteiger partial charge in [0.1, 0.15) is 0 Å². The molecule has 0 saturated carbocycles. The Kier molecular flexibility index (Phi) is 14.9. The van der Waals surface area contributed by atoms with Crippen LogP contribution in [-0.2, 0) is 0 Å². The lowest BCUT2D eigenvalue weighted by Crippen LogP contribution is -2.12. The average molecular weight is 306 g/mol. The zero-order valence-electron chi connectivity index (χ0n) is 12.0. The number of hydrogen-bond donors (Lipinski definition) is 0. The molecule has 0 fully saturated rings. The zero-order valence-corrected chi connectivity index (χ0v) is 13.6. The molecule has 0 aliphatic rings. The van der Waals surface area contributed by atoms with Crippen LogP contribution in [0.25, 0.3) is 0 Å². The third-order valence-corrected chi connectivity index (χ3v) is 3.80. The lowest BCUT2D eigenvalue weighted by Gasteiger charge is -2.08. The highest BCUT2D eigenvalue weighted by molar-refractivity contribution is 9.09. The maximum Gasteiger partial charge on any atom is 0.00313 e. The fourth-order valence-corrected chi connectivity index (χ4v) is 2.51. The Bertz CT molecular complexity index is 137. The lowest BCUT2D eigenvalue weighted by atomic mass is 10.1. The summed E-state index contributed by atoms with van der Waals surface area (Å²) < 4.78 is 0. The van der Waals surface area contributed by atoms with E-state index in [-0.39, 0.29) is 0 Å². The van der Waals surface area contributed by atoms with E-state index in [2.05, 4.69) is 34.9 Å². The minimum Gasteiger partial charge on any atom is -0.309 e. The van der Waals surface area contributed by atoms with Crippen LogP contribution in [0.4, 0.5) is 0 Å². The van der Waals surface area contributed by atoms with E-state index in [0.29, 0.717) is 0 Å². The fraction of sp³-hybridized carbons (Fsp3) is 1.00. The molecule has 0 saturated heterocycles. The van der Waals surface area contributed by atoms with E-state index in [1.807, 2.05) is 0 Å². The highest BCUT2D eigenvalue weighted by Crippen LogP contribution is 2.11. The van der Waals surface area contributed by atoms with Crippen LogP contribution in [0.2, 0.25) is 0 Å². The summed E-state index contributed by atoms with van der Waals surface area (Å²) in [5.74, 6) is 0. The van der Waals surface area contributed by atoms with Gasteiger partial charge in [-0.3, -0.25) is 0 Å². The molecule has 1 nitrogen and oxygen atoms in total. The number of alkyl halides is 1. The smallest absolute Gasteiger partial charge is 0.00313 e. The van der Waals surface area contributed by atoms with Crippen molar-refractivity contribution in [1.82, 2.24) is 4.90 Å². The molecule has 0 unspecified atom stereocenters. The SMILES string of the molecule is CN(C)CCCCCCCCCCCCCBr. The molecule has 0 radical (unpaired) electrons. The van der Waals surface area contributed by atoms with Gasteiger partial charge in [-0.1, -0.05) is 73.7 Å². The molecule has 0 amide bonds. The Morgan fingerprint density at radius 1 is 0.588 bits per heavy atom. The van der Waals surface area contributed by atoms with Crippen molar-refractivity contribution in [1.29, 1.82) is 0 Å². The Morgan fingerprint density at radius 2 is 0.941 bits per heavy atom. The Balaban J connectivity index is 2.89. The molecule has 2 heteroatoms. The van der Waals surface area contributed by atoms with Gasteiger partial charge in [-0.05, 0) is 33.5 Å². The van der Waals surface area contributed by atoms with Gasteiger partial charge in [0.15, 0.2) is 0 Å². The van der Waals surface area contributed by atoms with Gasteiger partial charge >= 0.3 is 0 Å². The highest BCUT2D eigenvalue weighted by atomic mass is 79.9. The Hall–Kier alpha value is 0.440. The molecular formula is C15H32BrN. The van der Waals surface area contributed by atoms with Crippen LogP contribution in [-0.4, -0.2) is 30.9 Å². The first-order chi connectivity index (χ1) is 8.27. The quantitative estimate of drug-likeness (QED) is 0.332. The molecule has 0 aromatic heterocycles. The first-order valence-electron chi connectivity index (χ1n) is 7.48. The second kappa shape index (κ2) is 14.5. The summed E-state index contributed by atoms with van der Waals surface area (Å²) in [6.45, 7) is 1.26. The van der Waals surface area contributed by atoms with E-state index < -0.39 is 0 Å². The summed E-state index contributed by atoms with van der Waals surface area (Å²) in [6.07, 6.45) is 15.7. The first-order valence-corrected chi connectivity index (χ1v) is 8.60. The van der Waals surface area contributed by atoms with Gasteiger partial charge in [0.2, 0.25) is 0 Å². The van der Waals surface area contributed by atoms with Crippen LogP contribution < -0.4 is 0 Å². The number of unbranched alkanes of at least 4 members (excludes halogenated alkanes) is 10. The highest BCUT2D eigenvalue weighted by Gasteiger charge is 1.94. The standard InChI is InChI=1S/C15H32BrN/c1-17(2)15-13-11-9-7-5-3-4-6-8-10-12-14-16/h3-15H2,1-2H3. The Labute approximate surface area is 117 Å². The van der Waals surface area contributed by atoms with E-state index in [0.717, 1.165) is 0 Å². The molecule has 0 N–H and O–H groups in total. The monoisotopic (exact) mass is 305 g/mol. The summed E-state index contributed by atoms with van der Waals surface area (Å²) in [5.41, 5.74) is 0. The molecule has 0 bridgehead atoms. The molecule has 0 aliphatic carbocycles. The van der Waals surface area contributed by atoms with Crippen LogP contribution >= 0.6 is 15.9 Å². The molecule has 0 aromatic rings. The van der Waals surface area contributed by atoms with Crippen LogP contribution in [0.1, 0.15) is 70.6 Å². The van der Waals surface area contributed by atoms with Gasteiger partial charge in [0.05, 0.1) is 0 Å². The van der Waals surface area contributed by atoms with Gasteiger partial charge < -0.3 is 4.90 Å². The van der Waals surface area contributed by atoms with Crippen molar-refractivity contribution in [2.24, 2.45) is 0 Å². The summed E-state index contributed by atoms with van der Waals surface area (Å²) in [6, 6.07) is 0. The molecule has 0 aromatic carbocycles. The van der Waals surface area contributed by atoms with Crippen LogP contribution in [0.3, 0.4) is 0 Å². The molecule has 0 atom stereocenters. The van der Waals surface area contributed by atoms with Crippen LogP contribution in [0, 0.1) is 0 Å². The van der Waals surface area contributed by atoms with Crippen LogP contribution in [0.5, 0.6) is 0 Å². The number of hydrogen-bond acceptors (Lipinski definition) is 1. The van der Waals surface area contributed by atoms with Crippen LogP contribution in [0.15, 0.2) is 0 Å². The molecule has 0 heterocycles.